The van der Waals surface area contributed by atoms with Gasteiger partial charge in [0.25, 0.3) is 5.22 Å². The first-order chi connectivity index (χ1) is 8.85. The fraction of sp³-hybridized carbons (Fsp3) is 0.0714. The summed E-state index contributed by atoms with van der Waals surface area (Å²) in [7, 11) is 1.66. The lowest BCUT2D eigenvalue weighted by Crippen LogP contribution is -1.81. The van der Waals surface area contributed by atoms with Crippen molar-refractivity contribution in [1.82, 2.24) is 4.98 Å². The van der Waals surface area contributed by atoms with E-state index in [1.807, 2.05) is 48.5 Å². The van der Waals surface area contributed by atoms with Gasteiger partial charge in [-0.15, -0.1) is 0 Å². The second kappa shape index (κ2) is 4.74. The number of ether oxygens (including phenoxy) is 1. The van der Waals surface area contributed by atoms with E-state index < -0.39 is 0 Å². The highest BCUT2D eigenvalue weighted by atomic mass is 32.2. The van der Waals surface area contributed by atoms with Crippen LogP contribution in [0.25, 0.3) is 11.1 Å². The Kier molecular flexibility index (Phi) is 2.94. The number of methoxy groups -OCH3 is 1. The van der Waals surface area contributed by atoms with Crippen molar-refractivity contribution in [3.05, 3.63) is 48.5 Å². The molecule has 0 atom stereocenters. The Morgan fingerprint density at radius 1 is 1.06 bits per heavy atom. The highest BCUT2D eigenvalue weighted by Gasteiger charge is 2.06. The lowest BCUT2D eigenvalue weighted by atomic mass is 10.3. The van der Waals surface area contributed by atoms with Crippen LogP contribution in [0.5, 0.6) is 5.75 Å². The molecule has 0 radical (unpaired) electrons. The molecule has 0 spiro atoms. The summed E-state index contributed by atoms with van der Waals surface area (Å²) >= 11 is 1.50. The summed E-state index contributed by atoms with van der Waals surface area (Å²) in [5.74, 6) is 0.844. The molecule has 0 bridgehead atoms. The minimum atomic E-state index is 0.654. The number of fused-ring (bicyclic) bond motifs is 1. The minimum absolute atomic E-state index is 0.654. The number of benzene rings is 2. The Labute approximate surface area is 109 Å². The first-order valence-electron chi connectivity index (χ1n) is 5.52. The molecule has 0 amide bonds. The van der Waals surface area contributed by atoms with Gasteiger partial charge in [0.05, 0.1) is 7.11 Å². The number of rotatable bonds is 3. The summed E-state index contributed by atoms with van der Waals surface area (Å²) in [5, 5.41) is 0.654. The minimum Gasteiger partial charge on any atom is -0.497 e. The summed E-state index contributed by atoms with van der Waals surface area (Å²) < 4.78 is 10.8. The summed E-state index contributed by atoms with van der Waals surface area (Å²) in [6, 6.07) is 15.6. The maximum absolute atomic E-state index is 5.65. The molecule has 0 saturated heterocycles. The monoisotopic (exact) mass is 257 g/mol. The van der Waals surface area contributed by atoms with Crippen molar-refractivity contribution in [1.29, 1.82) is 0 Å². The van der Waals surface area contributed by atoms with Gasteiger partial charge >= 0.3 is 0 Å². The van der Waals surface area contributed by atoms with E-state index in [-0.39, 0.29) is 0 Å². The molecule has 0 aliphatic rings. The van der Waals surface area contributed by atoms with Crippen LogP contribution in [-0.4, -0.2) is 12.1 Å². The van der Waals surface area contributed by atoms with Gasteiger partial charge in [-0.1, -0.05) is 12.1 Å². The molecule has 0 unspecified atom stereocenters. The molecule has 0 aliphatic carbocycles. The average Bonchev–Trinajstić information content (AvgIpc) is 2.82. The molecular weight excluding hydrogens is 246 g/mol. The predicted molar refractivity (Wildman–Crippen MR) is 71.1 cm³/mol. The molecule has 3 aromatic rings. The van der Waals surface area contributed by atoms with Gasteiger partial charge in [0, 0.05) is 4.90 Å². The average molecular weight is 257 g/mol. The van der Waals surface area contributed by atoms with Crippen LogP contribution >= 0.6 is 11.8 Å². The van der Waals surface area contributed by atoms with Gasteiger partial charge in [-0.3, -0.25) is 0 Å². The van der Waals surface area contributed by atoms with Crippen molar-refractivity contribution >= 4 is 22.9 Å². The highest BCUT2D eigenvalue weighted by molar-refractivity contribution is 7.99. The van der Waals surface area contributed by atoms with Crippen molar-refractivity contribution < 1.29 is 9.15 Å². The van der Waals surface area contributed by atoms with E-state index in [4.69, 9.17) is 9.15 Å². The third-order valence-electron chi connectivity index (χ3n) is 2.54. The van der Waals surface area contributed by atoms with Crippen LogP contribution in [-0.2, 0) is 0 Å². The zero-order chi connectivity index (χ0) is 12.4. The van der Waals surface area contributed by atoms with Crippen molar-refractivity contribution in [2.45, 2.75) is 10.1 Å². The molecule has 0 fully saturated rings. The fourth-order valence-electron chi connectivity index (χ4n) is 1.64. The Morgan fingerprint density at radius 2 is 1.83 bits per heavy atom. The van der Waals surface area contributed by atoms with Crippen molar-refractivity contribution in [2.75, 3.05) is 7.11 Å². The van der Waals surface area contributed by atoms with Crippen LogP contribution in [0, 0.1) is 0 Å². The Hall–Kier alpha value is -1.94. The highest BCUT2D eigenvalue weighted by Crippen LogP contribution is 2.30. The Balaban J connectivity index is 1.86. The second-order valence-electron chi connectivity index (χ2n) is 3.73. The predicted octanol–water partition coefficient (Wildman–Crippen LogP) is 3.99. The van der Waals surface area contributed by atoms with Crippen molar-refractivity contribution in [3.63, 3.8) is 0 Å². The zero-order valence-electron chi connectivity index (χ0n) is 9.79. The second-order valence-corrected chi connectivity index (χ2v) is 4.75. The topological polar surface area (TPSA) is 35.3 Å². The van der Waals surface area contributed by atoms with Gasteiger partial charge in [0.2, 0.25) is 0 Å². The molecule has 18 heavy (non-hydrogen) atoms. The van der Waals surface area contributed by atoms with E-state index in [0.29, 0.717) is 5.22 Å². The normalized spacial score (nSPS) is 10.7. The van der Waals surface area contributed by atoms with E-state index in [0.717, 1.165) is 21.7 Å². The molecule has 1 aromatic heterocycles. The standard InChI is InChI=1S/C14H11NO2S/c1-16-10-6-8-11(9-7-10)18-14-15-12-4-2-3-5-13(12)17-14/h2-9H,1H3. The summed E-state index contributed by atoms with van der Waals surface area (Å²) in [6.45, 7) is 0. The molecule has 2 aromatic carbocycles. The van der Waals surface area contributed by atoms with E-state index in [9.17, 15) is 0 Å². The van der Waals surface area contributed by atoms with Crippen LogP contribution in [0.15, 0.2) is 63.1 Å². The quantitative estimate of drug-likeness (QED) is 0.710. The van der Waals surface area contributed by atoms with Gasteiger partial charge in [0.1, 0.15) is 11.3 Å². The lowest BCUT2D eigenvalue weighted by Gasteiger charge is -2.00. The number of para-hydroxylation sites is 2. The Morgan fingerprint density at radius 3 is 2.56 bits per heavy atom. The van der Waals surface area contributed by atoms with Crippen LogP contribution in [0.3, 0.4) is 0 Å². The lowest BCUT2D eigenvalue weighted by molar-refractivity contribution is 0.414. The zero-order valence-corrected chi connectivity index (χ0v) is 10.6. The first-order valence-corrected chi connectivity index (χ1v) is 6.34. The van der Waals surface area contributed by atoms with E-state index in [1.54, 1.807) is 7.11 Å². The Bertz CT molecular complexity index is 628. The van der Waals surface area contributed by atoms with Crippen LogP contribution in [0.4, 0.5) is 0 Å². The number of oxazole rings is 1. The molecule has 90 valence electrons. The third kappa shape index (κ3) is 2.19. The van der Waals surface area contributed by atoms with Crippen molar-refractivity contribution in [3.8, 4) is 5.75 Å². The van der Waals surface area contributed by atoms with E-state index in [1.165, 1.54) is 11.8 Å². The van der Waals surface area contributed by atoms with Gasteiger partial charge in [-0.2, -0.15) is 0 Å². The van der Waals surface area contributed by atoms with Gasteiger partial charge in [-0.25, -0.2) is 4.98 Å². The molecule has 3 nitrogen and oxygen atoms in total. The molecule has 3 rings (SSSR count). The number of hydrogen-bond donors (Lipinski definition) is 0. The summed E-state index contributed by atoms with van der Waals surface area (Å²) in [5.41, 5.74) is 1.70. The fourth-order valence-corrected chi connectivity index (χ4v) is 2.39. The molecule has 1 heterocycles. The van der Waals surface area contributed by atoms with Crippen LogP contribution < -0.4 is 4.74 Å². The number of aromatic nitrogens is 1. The van der Waals surface area contributed by atoms with Crippen LogP contribution in [0.2, 0.25) is 0 Å². The summed E-state index contributed by atoms with van der Waals surface area (Å²) in [4.78, 5) is 5.49. The molecule has 4 heteroatoms. The molecule has 0 saturated carbocycles. The van der Waals surface area contributed by atoms with Crippen molar-refractivity contribution in [2.24, 2.45) is 0 Å². The summed E-state index contributed by atoms with van der Waals surface area (Å²) in [6.07, 6.45) is 0. The maximum Gasteiger partial charge on any atom is 0.261 e. The van der Waals surface area contributed by atoms with Gasteiger partial charge in [0.15, 0.2) is 5.58 Å². The smallest absolute Gasteiger partial charge is 0.261 e. The largest absolute Gasteiger partial charge is 0.497 e. The first kappa shape index (κ1) is 11.2. The van der Waals surface area contributed by atoms with Crippen LogP contribution in [0.1, 0.15) is 0 Å². The molecule has 0 aliphatic heterocycles. The number of hydrogen-bond acceptors (Lipinski definition) is 4. The van der Waals surface area contributed by atoms with Gasteiger partial charge < -0.3 is 9.15 Å². The van der Waals surface area contributed by atoms with E-state index in [2.05, 4.69) is 4.98 Å². The van der Waals surface area contributed by atoms with E-state index >= 15 is 0 Å². The van der Waals surface area contributed by atoms with Gasteiger partial charge in [-0.05, 0) is 48.2 Å². The SMILES string of the molecule is COc1ccc(Sc2nc3ccccc3o2)cc1. The third-order valence-corrected chi connectivity index (χ3v) is 3.40. The molecular formula is C14H11NO2S. The number of nitrogens with zero attached hydrogens (tertiary/aromatic N) is 1. The maximum atomic E-state index is 5.65. The molecule has 0 N–H and O–H groups in total.